The monoisotopic (exact) mass is 310 g/mol. The number of nitrogen functional groups attached to an aromatic ring is 1. The molecule has 1 amide bonds. The topological polar surface area (TPSA) is 46.3 Å². The molecule has 1 aliphatic heterocycles. The molecule has 0 saturated heterocycles. The van der Waals surface area contributed by atoms with Gasteiger partial charge in [-0.15, -0.1) is 0 Å². The van der Waals surface area contributed by atoms with Crippen LogP contribution in [-0.4, -0.2) is 12.5 Å². The summed E-state index contributed by atoms with van der Waals surface area (Å²) in [5, 5.41) is 0. The third-order valence-corrected chi connectivity index (χ3v) is 5.21. The van der Waals surface area contributed by atoms with Gasteiger partial charge < -0.3 is 10.6 Å². The van der Waals surface area contributed by atoms with Crippen molar-refractivity contribution in [3.05, 3.63) is 59.4 Å². The highest BCUT2D eigenvalue weighted by atomic mass is 19.1. The molecule has 1 spiro atoms. The molecule has 4 rings (SSSR count). The van der Waals surface area contributed by atoms with E-state index >= 15 is 0 Å². The van der Waals surface area contributed by atoms with E-state index in [2.05, 4.69) is 0 Å². The molecule has 1 fully saturated rings. The second kappa shape index (κ2) is 5.08. The fourth-order valence-corrected chi connectivity index (χ4v) is 4.20. The van der Waals surface area contributed by atoms with E-state index in [1.54, 1.807) is 35.2 Å². The van der Waals surface area contributed by atoms with Crippen LogP contribution in [0, 0.1) is 5.82 Å². The molecular weight excluding hydrogens is 291 g/mol. The summed E-state index contributed by atoms with van der Waals surface area (Å²) in [5.41, 5.74) is 8.15. The van der Waals surface area contributed by atoms with Crippen LogP contribution < -0.4 is 10.6 Å². The van der Waals surface area contributed by atoms with E-state index in [4.69, 9.17) is 5.73 Å². The minimum atomic E-state index is -0.212. The van der Waals surface area contributed by atoms with E-state index in [0.717, 1.165) is 36.9 Å². The number of nitrogens with two attached hydrogens (primary N) is 1. The molecular formula is C19H19FN2O. The van der Waals surface area contributed by atoms with Gasteiger partial charge in [0.15, 0.2) is 0 Å². The third-order valence-electron chi connectivity index (χ3n) is 5.21. The number of amides is 1. The van der Waals surface area contributed by atoms with Crippen molar-refractivity contribution in [3.63, 3.8) is 0 Å². The minimum absolute atomic E-state index is 0.104. The maximum atomic E-state index is 14.5. The summed E-state index contributed by atoms with van der Waals surface area (Å²) >= 11 is 0. The standard InChI is InChI=1S/C19H19FN2O/c20-15-7-4-8-16-17(15)19(9-1-2-10-19)12-22(16)18(23)13-5-3-6-14(21)11-13/h3-8,11H,1-2,9-10,12,21H2. The highest BCUT2D eigenvalue weighted by Crippen LogP contribution is 2.51. The highest BCUT2D eigenvalue weighted by Gasteiger charge is 2.48. The summed E-state index contributed by atoms with van der Waals surface area (Å²) in [4.78, 5) is 14.7. The molecule has 1 aliphatic carbocycles. The maximum absolute atomic E-state index is 14.5. The average molecular weight is 310 g/mol. The maximum Gasteiger partial charge on any atom is 0.258 e. The Labute approximate surface area is 134 Å². The predicted octanol–water partition coefficient (Wildman–Crippen LogP) is 3.88. The fraction of sp³-hybridized carbons (Fsp3) is 0.316. The molecule has 0 aromatic heterocycles. The molecule has 118 valence electrons. The van der Waals surface area contributed by atoms with Crippen molar-refractivity contribution in [2.24, 2.45) is 0 Å². The number of fused-ring (bicyclic) bond motifs is 2. The van der Waals surface area contributed by atoms with Crippen LogP contribution in [0.1, 0.15) is 41.6 Å². The second-order valence-corrected chi connectivity index (χ2v) is 6.64. The summed E-state index contributed by atoms with van der Waals surface area (Å²) in [6, 6.07) is 12.0. The molecule has 2 aromatic carbocycles. The Morgan fingerprint density at radius 3 is 2.61 bits per heavy atom. The molecule has 1 saturated carbocycles. The minimum Gasteiger partial charge on any atom is -0.399 e. The Bertz CT molecular complexity index is 781. The Morgan fingerprint density at radius 1 is 1.13 bits per heavy atom. The number of halogens is 1. The zero-order valence-corrected chi connectivity index (χ0v) is 12.9. The second-order valence-electron chi connectivity index (χ2n) is 6.64. The van der Waals surface area contributed by atoms with Crippen molar-refractivity contribution in [2.75, 3.05) is 17.2 Å². The molecule has 2 aliphatic rings. The van der Waals surface area contributed by atoms with Gasteiger partial charge in [0.05, 0.1) is 5.69 Å². The van der Waals surface area contributed by atoms with Crippen LogP contribution in [0.2, 0.25) is 0 Å². The largest absolute Gasteiger partial charge is 0.399 e. The summed E-state index contributed by atoms with van der Waals surface area (Å²) < 4.78 is 14.5. The first-order valence-electron chi connectivity index (χ1n) is 8.07. The summed E-state index contributed by atoms with van der Waals surface area (Å²) in [5.74, 6) is -0.291. The van der Waals surface area contributed by atoms with Gasteiger partial charge in [-0.3, -0.25) is 4.79 Å². The van der Waals surface area contributed by atoms with Crippen molar-refractivity contribution in [3.8, 4) is 0 Å². The van der Waals surface area contributed by atoms with E-state index in [1.807, 2.05) is 6.07 Å². The molecule has 4 heteroatoms. The molecule has 2 N–H and O–H groups in total. The summed E-state index contributed by atoms with van der Waals surface area (Å²) in [6.45, 7) is 0.566. The van der Waals surface area contributed by atoms with Crippen LogP contribution in [0.15, 0.2) is 42.5 Å². The SMILES string of the molecule is Nc1cccc(C(=O)N2CC3(CCCC3)c3c(F)cccc32)c1. The molecule has 1 heterocycles. The van der Waals surface area contributed by atoms with Gasteiger partial charge in [0.1, 0.15) is 5.82 Å². The van der Waals surface area contributed by atoms with Gasteiger partial charge in [0, 0.05) is 28.8 Å². The molecule has 0 bridgehead atoms. The lowest BCUT2D eigenvalue weighted by molar-refractivity contribution is 0.0985. The zero-order valence-electron chi connectivity index (χ0n) is 12.9. The van der Waals surface area contributed by atoms with Crippen molar-refractivity contribution in [1.29, 1.82) is 0 Å². The lowest BCUT2D eigenvalue weighted by atomic mass is 9.80. The van der Waals surface area contributed by atoms with Crippen LogP contribution >= 0.6 is 0 Å². The van der Waals surface area contributed by atoms with Crippen LogP contribution in [0.25, 0.3) is 0 Å². The molecule has 0 unspecified atom stereocenters. The van der Waals surface area contributed by atoms with E-state index in [9.17, 15) is 9.18 Å². The van der Waals surface area contributed by atoms with E-state index in [1.165, 1.54) is 6.07 Å². The molecule has 0 radical (unpaired) electrons. The molecule has 0 atom stereocenters. The van der Waals surface area contributed by atoms with E-state index < -0.39 is 0 Å². The van der Waals surface area contributed by atoms with Gasteiger partial charge in [-0.2, -0.15) is 0 Å². The van der Waals surface area contributed by atoms with Gasteiger partial charge in [-0.25, -0.2) is 4.39 Å². The first kappa shape index (κ1) is 14.2. The lowest BCUT2D eigenvalue weighted by Crippen LogP contribution is -2.35. The van der Waals surface area contributed by atoms with Gasteiger partial charge in [-0.05, 0) is 43.2 Å². The van der Waals surface area contributed by atoms with Crippen molar-refractivity contribution in [2.45, 2.75) is 31.1 Å². The number of hydrogen-bond acceptors (Lipinski definition) is 2. The average Bonchev–Trinajstić information content (AvgIpc) is 3.14. The Morgan fingerprint density at radius 2 is 1.87 bits per heavy atom. The van der Waals surface area contributed by atoms with Crippen LogP contribution in [0.3, 0.4) is 0 Å². The fourth-order valence-electron chi connectivity index (χ4n) is 4.20. The van der Waals surface area contributed by atoms with Crippen molar-refractivity contribution < 1.29 is 9.18 Å². The molecule has 3 nitrogen and oxygen atoms in total. The number of carbonyl (C=O) groups excluding carboxylic acids is 1. The molecule has 23 heavy (non-hydrogen) atoms. The van der Waals surface area contributed by atoms with Gasteiger partial charge >= 0.3 is 0 Å². The first-order valence-corrected chi connectivity index (χ1v) is 8.07. The Balaban J connectivity index is 1.80. The smallest absolute Gasteiger partial charge is 0.258 e. The van der Waals surface area contributed by atoms with Crippen LogP contribution in [0.5, 0.6) is 0 Å². The summed E-state index contributed by atoms with van der Waals surface area (Å²) in [6.07, 6.45) is 4.07. The van der Waals surface area contributed by atoms with Crippen LogP contribution in [0.4, 0.5) is 15.8 Å². The van der Waals surface area contributed by atoms with Gasteiger partial charge in [0.2, 0.25) is 0 Å². The number of nitrogens with zero attached hydrogens (tertiary/aromatic N) is 1. The predicted molar refractivity (Wildman–Crippen MR) is 89.1 cm³/mol. The number of anilines is 2. The van der Waals surface area contributed by atoms with Gasteiger partial charge in [0.25, 0.3) is 5.91 Å². The van der Waals surface area contributed by atoms with Crippen LogP contribution in [-0.2, 0) is 5.41 Å². The van der Waals surface area contributed by atoms with E-state index in [0.29, 0.717) is 17.8 Å². The number of benzene rings is 2. The normalized spacial score (nSPS) is 18.4. The third kappa shape index (κ3) is 2.12. The highest BCUT2D eigenvalue weighted by molar-refractivity contribution is 6.08. The molecule has 2 aromatic rings. The van der Waals surface area contributed by atoms with Crippen molar-refractivity contribution in [1.82, 2.24) is 0 Å². The van der Waals surface area contributed by atoms with E-state index in [-0.39, 0.29) is 17.1 Å². The lowest BCUT2D eigenvalue weighted by Gasteiger charge is -2.25. The number of hydrogen-bond donors (Lipinski definition) is 1. The Hall–Kier alpha value is -2.36. The van der Waals surface area contributed by atoms with Gasteiger partial charge in [-0.1, -0.05) is 25.0 Å². The first-order chi connectivity index (χ1) is 11.1. The quantitative estimate of drug-likeness (QED) is 0.813. The number of carbonyl (C=O) groups is 1. The zero-order chi connectivity index (χ0) is 16.0. The Kier molecular flexibility index (Phi) is 3.15. The summed E-state index contributed by atoms with van der Waals surface area (Å²) in [7, 11) is 0. The van der Waals surface area contributed by atoms with Crippen molar-refractivity contribution >= 4 is 17.3 Å². The number of rotatable bonds is 1.